The smallest absolute Gasteiger partial charge is 0.382 e. The van der Waals surface area contributed by atoms with Gasteiger partial charge in [0.2, 0.25) is 0 Å². The molecule has 130 valence electrons. The molecule has 1 rings (SSSR count). The molecular formula is C16H22F3NO3. The van der Waals surface area contributed by atoms with E-state index in [0.29, 0.717) is 18.6 Å². The van der Waals surface area contributed by atoms with Gasteiger partial charge in [0.05, 0.1) is 23.3 Å². The Morgan fingerprint density at radius 2 is 1.91 bits per heavy atom. The largest absolute Gasteiger partial charge is 0.417 e. The van der Waals surface area contributed by atoms with Crippen molar-refractivity contribution in [2.45, 2.75) is 39.0 Å². The fourth-order valence-electron chi connectivity index (χ4n) is 2.03. The van der Waals surface area contributed by atoms with E-state index >= 15 is 0 Å². The molecule has 0 bridgehead atoms. The zero-order valence-electron chi connectivity index (χ0n) is 13.7. The number of carbonyl (C=O) groups excluding carboxylic acids is 1. The first-order chi connectivity index (χ1) is 10.6. The van der Waals surface area contributed by atoms with Crippen molar-refractivity contribution >= 4 is 5.91 Å². The van der Waals surface area contributed by atoms with E-state index in [1.165, 1.54) is 19.2 Å². The summed E-state index contributed by atoms with van der Waals surface area (Å²) in [5, 5.41) is 2.35. The number of nitrogens with one attached hydrogen (secondary N) is 1. The molecular weight excluding hydrogens is 311 g/mol. The summed E-state index contributed by atoms with van der Waals surface area (Å²) in [6.07, 6.45) is -4.13. The van der Waals surface area contributed by atoms with Gasteiger partial charge in [-0.2, -0.15) is 13.2 Å². The Morgan fingerprint density at radius 1 is 1.26 bits per heavy atom. The average Bonchev–Trinajstić information content (AvgIpc) is 2.45. The first kappa shape index (κ1) is 19.4. The fourth-order valence-corrected chi connectivity index (χ4v) is 2.03. The molecule has 0 aromatic heterocycles. The number of rotatable bonds is 7. The lowest BCUT2D eigenvalue weighted by Gasteiger charge is -2.24. The van der Waals surface area contributed by atoms with Crippen molar-refractivity contribution in [1.29, 1.82) is 0 Å². The lowest BCUT2D eigenvalue weighted by molar-refractivity contribution is -0.138. The minimum absolute atomic E-state index is 0.206. The Bertz CT molecular complexity index is 542. The number of aryl methyl sites for hydroxylation is 1. The quantitative estimate of drug-likeness (QED) is 0.778. The molecule has 0 spiro atoms. The Labute approximate surface area is 134 Å². The summed E-state index contributed by atoms with van der Waals surface area (Å²) in [6.45, 7) is 5.34. The standard InChI is InChI=1S/C16H22F3NO3/c1-5-11-6-7-12(13(8-11)16(17,18)19)14(21)20-10-23-15(2,3)9-22-4/h6-8H,5,9-10H2,1-4H3,(H,20,21). The number of hydrogen-bond acceptors (Lipinski definition) is 3. The second-order valence-corrected chi connectivity index (χ2v) is 5.72. The lowest BCUT2D eigenvalue weighted by Crippen LogP contribution is -2.37. The van der Waals surface area contributed by atoms with Gasteiger partial charge in [0.15, 0.2) is 0 Å². The van der Waals surface area contributed by atoms with Crippen LogP contribution in [-0.4, -0.2) is 32.0 Å². The van der Waals surface area contributed by atoms with E-state index in [1.54, 1.807) is 20.8 Å². The number of amides is 1. The average molecular weight is 333 g/mol. The first-order valence-corrected chi connectivity index (χ1v) is 7.22. The molecule has 1 aromatic carbocycles. The van der Waals surface area contributed by atoms with Crippen LogP contribution in [0.4, 0.5) is 13.2 Å². The summed E-state index contributed by atoms with van der Waals surface area (Å²) < 4.78 is 49.7. The van der Waals surface area contributed by atoms with Crippen LogP contribution in [-0.2, 0) is 22.1 Å². The Balaban J connectivity index is 2.84. The van der Waals surface area contributed by atoms with Crippen LogP contribution in [0.1, 0.15) is 42.3 Å². The van der Waals surface area contributed by atoms with Gasteiger partial charge in [0.25, 0.3) is 5.91 Å². The van der Waals surface area contributed by atoms with Crippen molar-refractivity contribution in [1.82, 2.24) is 5.32 Å². The van der Waals surface area contributed by atoms with Crippen molar-refractivity contribution in [3.63, 3.8) is 0 Å². The van der Waals surface area contributed by atoms with Crippen molar-refractivity contribution in [3.8, 4) is 0 Å². The van der Waals surface area contributed by atoms with E-state index in [4.69, 9.17) is 9.47 Å². The van der Waals surface area contributed by atoms with E-state index in [-0.39, 0.29) is 6.73 Å². The number of hydrogen-bond donors (Lipinski definition) is 1. The second-order valence-electron chi connectivity index (χ2n) is 5.72. The molecule has 0 saturated carbocycles. The summed E-state index contributed by atoms with van der Waals surface area (Å²) in [7, 11) is 1.51. The lowest BCUT2D eigenvalue weighted by atomic mass is 10.0. The van der Waals surface area contributed by atoms with Crippen LogP contribution in [0.25, 0.3) is 0 Å². The molecule has 1 aromatic rings. The summed E-state index contributed by atoms with van der Waals surface area (Å²) in [4.78, 5) is 12.0. The van der Waals surface area contributed by atoms with Crippen molar-refractivity contribution in [3.05, 3.63) is 34.9 Å². The highest BCUT2D eigenvalue weighted by molar-refractivity contribution is 5.95. The Morgan fingerprint density at radius 3 is 2.43 bits per heavy atom. The van der Waals surface area contributed by atoms with Gasteiger partial charge in [-0.1, -0.05) is 13.0 Å². The zero-order chi connectivity index (χ0) is 17.7. The number of ether oxygens (including phenoxy) is 2. The van der Waals surface area contributed by atoms with Crippen LogP contribution >= 0.6 is 0 Å². The molecule has 0 aliphatic carbocycles. The van der Waals surface area contributed by atoms with Crippen molar-refractivity contribution in [2.24, 2.45) is 0 Å². The maximum atomic E-state index is 13.1. The number of benzene rings is 1. The Hall–Kier alpha value is -1.60. The highest BCUT2D eigenvalue weighted by atomic mass is 19.4. The zero-order valence-corrected chi connectivity index (χ0v) is 13.7. The van der Waals surface area contributed by atoms with Crippen LogP contribution in [0.5, 0.6) is 0 Å². The topological polar surface area (TPSA) is 47.6 Å². The SMILES string of the molecule is CCc1ccc(C(=O)NCOC(C)(C)COC)c(C(F)(F)F)c1. The molecule has 1 N–H and O–H groups in total. The minimum atomic E-state index is -4.59. The maximum Gasteiger partial charge on any atom is 0.417 e. The van der Waals surface area contributed by atoms with Crippen molar-refractivity contribution in [2.75, 3.05) is 20.4 Å². The predicted molar refractivity (Wildman–Crippen MR) is 80.2 cm³/mol. The van der Waals surface area contributed by atoms with Gasteiger partial charge < -0.3 is 14.8 Å². The van der Waals surface area contributed by atoms with Gasteiger partial charge in [-0.25, -0.2) is 0 Å². The number of methoxy groups -OCH3 is 1. The molecule has 0 heterocycles. The third-order valence-corrected chi connectivity index (χ3v) is 3.23. The van der Waals surface area contributed by atoms with Gasteiger partial charge in [0, 0.05) is 7.11 Å². The summed E-state index contributed by atoms with van der Waals surface area (Å²) in [6, 6.07) is 3.71. The van der Waals surface area contributed by atoms with Crippen molar-refractivity contribution < 1.29 is 27.4 Å². The molecule has 0 atom stereocenters. The molecule has 0 saturated heterocycles. The minimum Gasteiger partial charge on any atom is -0.382 e. The molecule has 1 amide bonds. The van der Waals surface area contributed by atoms with Gasteiger partial charge in [0.1, 0.15) is 6.73 Å². The number of alkyl halides is 3. The molecule has 0 aliphatic rings. The van der Waals surface area contributed by atoms with Crippen LogP contribution in [0.3, 0.4) is 0 Å². The molecule has 23 heavy (non-hydrogen) atoms. The highest BCUT2D eigenvalue weighted by Gasteiger charge is 2.35. The van der Waals surface area contributed by atoms with E-state index in [9.17, 15) is 18.0 Å². The number of carbonyl (C=O) groups is 1. The molecule has 7 heteroatoms. The van der Waals surface area contributed by atoms with E-state index in [0.717, 1.165) is 6.07 Å². The molecule has 4 nitrogen and oxygen atoms in total. The molecule has 0 unspecified atom stereocenters. The van der Waals surface area contributed by atoms with Gasteiger partial charge in [-0.15, -0.1) is 0 Å². The summed E-state index contributed by atoms with van der Waals surface area (Å²) in [5.41, 5.74) is -1.49. The normalized spacial score (nSPS) is 12.3. The van der Waals surface area contributed by atoms with Gasteiger partial charge >= 0.3 is 6.18 Å². The van der Waals surface area contributed by atoms with Crippen LogP contribution in [0.15, 0.2) is 18.2 Å². The maximum absolute atomic E-state index is 13.1. The second kappa shape index (κ2) is 7.79. The summed E-state index contributed by atoms with van der Waals surface area (Å²) in [5.74, 6) is -0.826. The van der Waals surface area contributed by atoms with E-state index in [1.807, 2.05) is 0 Å². The van der Waals surface area contributed by atoms with E-state index in [2.05, 4.69) is 5.32 Å². The Kier molecular flexibility index (Phi) is 6.58. The highest BCUT2D eigenvalue weighted by Crippen LogP contribution is 2.32. The van der Waals surface area contributed by atoms with Gasteiger partial charge in [-0.3, -0.25) is 4.79 Å². The molecule has 0 radical (unpaired) electrons. The molecule has 0 aliphatic heterocycles. The first-order valence-electron chi connectivity index (χ1n) is 7.22. The van der Waals surface area contributed by atoms with Crippen LogP contribution in [0, 0.1) is 0 Å². The molecule has 0 fully saturated rings. The third-order valence-electron chi connectivity index (χ3n) is 3.23. The third kappa shape index (κ3) is 5.84. The number of halogens is 3. The van der Waals surface area contributed by atoms with Crippen LogP contribution < -0.4 is 5.32 Å². The monoisotopic (exact) mass is 333 g/mol. The van der Waals surface area contributed by atoms with Crippen LogP contribution in [0.2, 0.25) is 0 Å². The summed E-state index contributed by atoms with van der Waals surface area (Å²) >= 11 is 0. The predicted octanol–water partition coefficient (Wildman–Crippen LogP) is 3.40. The van der Waals surface area contributed by atoms with Gasteiger partial charge in [-0.05, 0) is 38.0 Å². The fraction of sp³-hybridized carbons (Fsp3) is 0.562. The van der Waals surface area contributed by atoms with E-state index < -0.39 is 28.8 Å².